The molecule has 43 heavy (non-hydrogen) atoms. The molecular formula is C36H28N2O5. The van der Waals surface area contributed by atoms with Crippen molar-refractivity contribution in [3.8, 4) is 5.75 Å². The summed E-state index contributed by atoms with van der Waals surface area (Å²) in [6.07, 6.45) is 0.0808. The van der Waals surface area contributed by atoms with Crippen LogP contribution >= 0.6 is 0 Å². The smallest absolute Gasteiger partial charge is 0.316 e. The van der Waals surface area contributed by atoms with E-state index in [0.717, 1.165) is 33.5 Å². The van der Waals surface area contributed by atoms with Gasteiger partial charge in [0.05, 0.1) is 23.4 Å². The van der Waals surface area contributed by atoms with E-state index in [0.29, 0.717) is 11.4 Å². The van der Waals surface area contributed by atoms with Crippen LogP contribution in [0.5, 0.6) is 5.75 Å². The van der Waals surface area contributed by atoms with Crippen LogP contribution in [0.1, 0.15) is 46.1 Å². The van der Waals surface area contributed by atoms with Crippen molar-refractivity contribution >= 4 is 35.1 Å². The first-order chi connectivity index (χ1) is 20.9. The van der Waals surface area contributed by atoms with Gasteiger partial charge in [-0.15, -0.1) is 0 Å². The number of anilines is 2. The van der Waals surface area contributed by atoms with Crippen molar-refractivity contribution in [3.05, 3.63) is 125 Å². The molecule has 2 saturated heterocycles. The van der Waals surface area contributed by atoms with E-state index in [1.165, 1.54) is 4.90 Å². The first kappa shape index (κ1) is 25.7. The number of aryl methyl sites for hydroxylation is 1. The van der Waals surface area contributed by atoms with Crippen LogP contribution in [-0.4, -0.2) is 30.2 Å². The normalized spacial score (nSPS) is 25.0. The molecule has 2 fully saturated rings. The highest BCUT2D eigenvalue weighted by molar-refractivity contribution is 6.23. The van der Waals surface area contributed by atoms with Gasteiger partial charge in [0.15, 0.2) is 0 Å². The minimum atomic E-state index is -0.586. The Balaban J connectivity index is 1.02. The molecular weight excluding hydrogens is 540 g/mol. The highest BCUT2D eigenvalue weighted by Gasteiger charge is 2.61. The first-order valence-corrected chi connectivity index (χ1v) is 14.6. The number of carbonyl (C=O) groups excluding carboxylic acids is 4. The molecule has 3 aliphatic carbocycles. The number of hydrogen-bond donors (Lipinski definition) is 0. The SMILES string of the molecule is Cc1ccc(N2C[C@H](C(=O)Oc3ccc(N4C(=O)[C@H]5C6c7ccccc7C(c7ccccc76)[C@@H]5C4=O)cc3)CC2=O)cc1. The summed E-state index contributed by atoms with van der Waals surface area (Å²) >= 11 is 0. The van der Waals surface area contributed by atoms with Gasteiger partial charge < -0.3 is 9.64 Å². The highest BCUT2D eigenvalue weighted by atomic mass is 16.5. The summed E-state index contributed by atoms with van der Waals surface area (Å²) in [7, 11) is 0. The lowest BCUT2D eigenvalue weighted by Crippen LogP contribution is -2.41. The van der Waals surface area contributed by atoms with Crippen molar-refractivity contribution in [2.75, 3.05) is 16.3 Å². The van der Waals surface area contributed by atoms with Crippen molar-refractivity contribution in [1.82, 2.24) is 0 Å². The Hall–Kier alpha value is -5.04. The quantitative estimate of drug-likeness (QED) is 0.188. The van der Waals surface area contributed by atoms with Crippen LogP contribution in [0.2, 0.25) is 0 Å². The molecule has 7 nitrogen and oxygen atoms in total. The fourth-order valence-electron chi connectivity index (χ4n) is 7.63. The van der Waals surface area contributed by atoms with Crippen LogP contribution in [-0.2, 0) is 19.2 Å². The third-order valence-electron chi connectivity index (χ3n) is 9.57. The molecule has 7 heteroatoms. The topological polar surface area (TPSA) is 84.0 Å². The average molecular weight is 569 g/mol. The first-order valence-electron chi connectivity index (χ1n) is 14.6. The minimum Gasteiger partial charge on any atom is -0.426 e. The molecule has 4 aromatic rings. The summed E-state index contributed by atoms with van der Waals surface area (Å²) < 4.78 is 5.64. The summed E-state index contributed by atoms with van der Waals surface area (Å²) in [6, 6.07) is 30.4. The number of rotatable bonds is 4. The van der Waals surface area contributed by atoms with E-state index >= 15 is 0 Å². The van der Waals surface area contributed by atoms with Gasteiger partial charge >= 0.3 is 5.97 Å². The number of esters is 1. The molecule has 0 aromatic heterocycles. The van der Waals surface area contributed by atoms with Gasteiger partial charge in [0.2, 0.25) is 17.7 Å². The average Bonchev–Trinajstić information content (AvgIpc) is 3.55. The van der Waals surface area contributed by atoms with Gasteiger partial charge in [-0.05, 0) is 65.6 Å². The zero-order chi connectivity index (χ0) is 29.4. The Morgan fingerprint density at radius 3 is 1.67 bits per heavy atom. The molecule has 3 atom stereocenters. The predicted octanol–water partition coefficient (Wildman–Crippen LogP) is 5.35. The van der Waals surface area contributed by atoms with Crippen molar-refractivity contribution in [1.29, 1.82) is 0 Å². The largest absolute Gasteiger partial charge is 0.426 e. The van der Waals surface area contributed by atoms with Crippen molar-refractivity contribution in [2.24, 2.45) is 17.8 Å². The molecule has 2 bridgehead atoms. The number of carbonyl (C=O) groups is 4. The van der Waals surface area contributed by atoms with Crippen LogP contribution in [0, 0.1) is 24.7 Å². The van der Waals surface area contributed by atoms with E-state index in [9.17, 15) is 19.2 Å². The number of nitrogens with zero attached hydrogens (tertiary/aromatic N) is 2. The fraction of sp³-hybridized carbons (Fsp3) is 0.222. The summed E-state index contributed by atoms with van der Waals surface area (Å²) in [6.45, 7) is 2.23. The van der Waals surface area contributed by atoms with E-state index < -0.39 is 23.7 Å². The molecule has 3 amide bonds. The Bertz CT molecular complexity index is 1710. The number of amides is 3. The van der Waals surface area contributed by atoms with Gasteiger partial charge in [-0.1, -0.05) is 66.2 Å². The highest BCUT2D eigenvalue weighted by Crippen LogP contribution is 2.61. The van der Waals surface area contributed by atoms with E-state index in [1.54, 1.807) is 29.2 Å². The summed E-state index contributed by atoms with van der Waals surface area (Å²) in [5.74, 6) is -2.54. The predicted molar refractivity (Wildman–Crippen MR) is 160 cm³/mol. The Morgan fingerprint density at radius 2 is 1.16 bits per heavy atom. The van der Waals surface area contributed by atoms with E-state index in [4.69, 9.17) is 4.74 Å². The molecule has 5 aliphatic rings. The molecule has 9 rings (SSSR count). The lowest BCUT2D eigenvalue weighted by atomic mass is 9.55. The van der Waals surface area contributed by atoms with Gasteiger partial charge in [0, 0.05) is 30.5 Å². The summed E-state index contributed by atoms with van der Waals surface area (Å²) in [4.78, 5) is 56.5. The zero-order valence-corrected chi connectivity index (χ0v) is 23.5. The maximum absolute atomic E-state index is 14.0. The van der Waals surface area contributed by atoms with Crippen LogP contribution < -0.4 is 14.5 Å². The molecule has 2 aliphatic heterocycles. The Kier molecular flexibility index (Phi) is 5.66. The fourth-order valence-corrected chi connectivity index (χ4v) is 7.63. The maximum Gasteiger partial charge on any atom is 0.316 e. The van der Waals surface area contributed by atoms with Crippen LogP contribution in [0.3, 0.4) is 0 Å². The molecule has 0 radical (unpaired) electrons. The number of benzene rings is 4. The minimum absolute atomic E-state index is 0.0808. The third kappa shape index (κ3) is 3.80. The second kappa shape index (κ2) is 9.49. The molecule has 0 spiro atoms. The number of hydrogen-bond acceptors (Lipinski definition) is 5. The lowest BCUT2D eigenvalue weighted by Gasteiger charge is -2.45. The lowest BCUT2D eigenvalue weighted by molar-refractivity contribution is -0.139. The second-order valence-corrected chi connectivity index (χ2v) is 11.9. The van der Waals surface area contributed by atoms with Crippen LogP contribution in [0.15, 0.2) is 97.1 Å². The molecule has 212 valence electrons. The van der Waals surface area contributed by atoms with Crippen LogP contribution in [0.4, 0.5) is 11.4 Å². The van der Waals surface area contributed by atoms with E-state index in [2.05, 4.69) is 24.3 Å². The molecule has 0 unspecified atom stereocenters. The third-order valence-corrected chi connectivity index (χ3v) is 9.57. The monoisotopic (exact) mass is 568 g/mol. The van der Waals surface area contributed by atoms with Gasteiger partial charge in [-0.3, -0.25) is 19.2 Å². The van der Waals surface area contributed by atoms with Gasteiger partial charge in [0.1, 0.15) is 5.75 Å². The van der Waals surface area contributed by atoms with Crippen molar-refractivity contribution < 1.29 is 23.9 Å². The number of imide groups is 1. The van der Waals surface area contributed by atoms with Gasteiger partial charge in [-0.2, -0.15) is 0 Å². The molecule has 2 heterocycles. The van der Waals surface area contributed by atoms with E-state index in [-0.39, 0.29) is 42.5 Å². The van der Waals surface area contributed by atoms with Gasteiger partial charge in [-0.25, -0.2) is 4.90 Å². The summed E-state index contributed by atoms with van der Waals surface area (Å²) in [5.41, 5.74) is 6.82. The van der Waals surface area contributed by atoms with E-state index in [1.807, 2.05) is 55.5 Å². The number of ether oxygens (including phenoxy) is 1. The Morgan fingerprint density at radius 1 is 0.674 bits per heavy atom. The maximum atomic E-state index is 14.0. The molecule has 0 saturated carbocycles. The van der Waals surface area contributed by atoms with Crippen molar-refractivity contribution in [2.45, 2.75) is 25.2 Å². The molecule has 4 aromatic carbocycles. The molecule has 0 N–H and O–H groups in total. The van der Waals surface area contributed by atoms with Crippen LogP contribution in [0.25, 0.3) is 0 Å². The van der Waals surface area contributed by atoms with Crippen molar-refractivity contribution in [3.63, 3.8) is 0 Å². The van der Waals surface area contributed by atoms with Gasteiger partial charge in [0.25, 0.3) is 0 Å². The zero-order valence-electron chi connectivity index (χ0n) is 23.5. The Labute approximate surface area is 248 Å². The second-order valence-electron chi connectivity index (χ2n) is 11.9. The summed E-state index contributed by atoms with van der Waals surface area (Å²) in [5, 5.41) is 0. The standard InChI is InChI=1S/C36H28N2O5/c1-20-10-12-22(13-11-20)37-19-21(18-29(37)39)36(42)43-24-16-14-23(15-17-24)38-34(40)32-30-25-6-2-3-7-26(25)31(33(32)35(38)41)28-9-5-4-8-27(28)30/h2-17,21,30-33H,18-19H2,1H3/t21-,30?,31?,32+,33+/m1/s1.